The van der Waals surface area contributed by atoms with Crippen LogP contribution in [0.5, 0.6) is 0 Å². The van der Waals surface area contributed by atoms with Crippen LogP contribution in [0.25, 0.3) is 0 Å². The number of urea groups is 1. The number of anilines is 3. The summed E-state index contributed by atoms with van der Waals surface area (Å²) in [6, 6.07) is 7.77. The third kappa shape index (κ3) is 5.65. The van der Waals surface area contributed by atoms with Crippen molar-refractivity contribution in [2.24, 2.45) is 0 Å². The number of nitrogens with two attached hydrogens (primary N) is 1. The smallest absolute Gasteiger partial charge is 0.321 e. The molecule has 3 N–H and O–H groups in total. The Labute approximate surface area is 182 Å². The van der Waals surface area contributed by atoms with Crippen molar-refractivity contribution >= 4 is 29.1 Å². The van der Waals surface area contributed by atoms with Crippen molar-refractivity contribution in [3.8, 4) is 0 Å². The second-order valence-corrected chi connectivity index (χ2v) is 7.59. The van der Waals surface area contributed by atoms with Gasteiger partial charge in [-0.15, -0.1) is 0 Å². The molecule has 10 heteroatoms. The third-order valence-corrected chi connectivity index (χ3v) is 5.26. The number of aromatic nitrogens is 2. The largest absolute Gasteiger partial charge is 0.379 e. The molecular formula is C21H31N7O3. The molecule has 0 aliphatic carbocycles. The number of benzene rings is 1. The fourth-order valence-corrected chi connectivity index (χ4v) is 3.69. The lowest BCUT2D eigenvalue weighted by atomic mass is 10.2. The van der Waals surface area contributed by atoms with Crippen LogP contribution in [0.4, 0.5) is 22.0 Å². The molecule has 1 aliphatic rings. The Hall–Kier alpha value is -3.30. The molecule has 10 nitrogen and oxygen atoms in total. The molecule has 2 aromatic rings. The number of nitrogen functional groups attached to an aromatic ring is 1. The van der Waals surface area contributed by atoms with Crippen molar-refractivity contribution in [3.05, 3.63) is 30.0 Å². The molecule has 1 fully saturated rings. The van der Waals surface area contributed by atoms with Gasteiger partial charge in [0.2, 0.25) is 11.5 Å². The number of hydrogen-bond acceptors (Lipinski definition) is 7. The summed E-state index contributed by atoms with van der Waals surface area (Å²) in [4.78, 5) is 31.0. The highest BCUT2D eigenvalue weighted by Gasteiger charge is 2.26. The van der Waals surface area contributed by atoms with Crippen molar-refractivity contribution in [2.75, 3.05) is 55.2 Å². The molecule has 1 aromatic heterocycles. The molecule has 3 amide bonds. The topological polar surface area (TPSA) is 121 Å². The quantitative estimate of drug-likeness (QED) is 0.694. The predicted molar refractivity (Wildman–Crippen MR) is 119 cm³/mol. The SMILES string of the molecule is CCCN(CCC)c1ccc(NC(=O)N2CCCN(C(=O)c3nonc3N)CC2)cc1. The summed E-state index contributed by atoms with van der Waals surface area (Å²) in [6.07, 6.45) is 2.84. The number of hydrogen-bond donors (Lipinski definition) is 2. The van der Waals surface area contributed by atoms with Gasteiger partial charge in [0, 0.05) is 50.6 Å². The molecule has 1 aromatic carbocycles. The van der Waals surface area contributed by atoms with E-state index in [0.29, 0.717) is 32.6 Å². The first-order valence-electron chi connectivity index (χ1n) is 10.8. The van der Waals surface area contributed by atoms with Crippen LogP contribution in [0, 0.1) is 0 Å². The zero-order valence-electron chi connectivity index (χ0n) is 18.2. The van der Waals surface area contributed by atoms with Gasteiger partial charge in [0.15, 0.2) is 0 Å². The van der Waals surface area contributed by atoms with Gasteiger partial charge in [-0.25, -0.2) is 9.42 Å². The maximum absolute atomic E-state index is 12.7. The molecule has 0 bridgehead atoms. The number of nitrogens with one attached hydrogen (secondary N) is 1. The minimum atomic E-state index is -0.333. The predicted octanol–water partition coefficient (Wildman–Crippen LogP) is 2.66. The van der Waals surface area contributed by atoms with Crippen LogP contribution in [0.1, 0.15) is 43.6 Å². The maximum atomic E-state index is 12.7. The summed E-state index contributed by atoms with van der Waals surface area (Å²) < 4.78 is 4.51. The molecule has 31 heavy (non-hydrogen) atoms. The van der Waals surface area contributed by atoms with Crippen molar-refractivity contribution in [2.45, 2.75) is 33.1 Å². The Morgan fingerprint density at radius 1 is 1.03 bits per heavy atom. The van der Waals surface area contributed by atoms with E-state index in [0.717, 1.165) is 37.3 Å². The monoisotopic (exact) mass is 429 g/mol. The molecule has 0 spiro atoms. The van der Waals surface area contributed by atoms with E-state index in [9.17, 15) is 9.59 Å². The molecule has 1 aliphatic heterocycles. The summed E-state index contributed by atoms with van der Waals surface area (Å²) in [6.45, 7) is 8.24. The molecule has 168 valence electrons. The summed E-state index contributed by atoms with van der Waals surface area (Å²) >= 11 is 0. The van der Waals surface area contributed by atoms with E-state index >= 15 is 0 Å². The van der Waals surface area contributed by atoms with E-state index in [1.165, 1.54) is 0 Å². The van der Waals surface area contributed by atoms with Crippen molar-refractivity contribution in [1.29, 1.82) is 0 Å². The summed E-state index contributed by atoms with van der Waals surface area (Å²) in [5.41, 5.74) is 7.54. The molecule has 0 radical (unpaired) electrons. The fraction of sp³-hybridized carbons (Fsp3) is 0.524. The standard InChI is InChI=1S/C21H31N7O3/c1-3-10-26(11-4-2)17-8-6-16(7-9-17)23-21(30)28-13-5-12-27(14-15-28)20(29)18-19(22)25-31-24-18/h6-9H,3-5,10-15H2,1-2H3,(H2,22,25)(H,23,30). The maximum Gasteiger partial charge on any atom is 0.321 e. The van der Waals surface area contributed by atoms with Crippen LogP contribution in [-0.2, 0) is 0 Å². The number of rotatable bonds is 7. The highest BCUT2D eigenvalue weighted by Crippen LogP contribution is 2.19. The number of nitrogens with zero attached hydrogens (tertiary/aromatic N) is 5. The van der Waals surface area contributed by atoms with Gasteiger partial charge in [-0.3, -0.25) is 4.79 Å². The third-order valence-electron chi connectivity index (χ3n) is 5.26. The number of carbonyl (C=O) groups is 2. The zero-order valence-corrected chi connectivity index (χ0v) is 18.2. The van der Waals surface area contributed by atoms with E-state index in [2.05, 4.69) is 39.0 Å². The Morgan fingerprint density at radius 2 is 1.68 bits per heavy atom. The van der Waals surface area contributed by atoms with Gasteiger partial charge in [0.1, 0.15) is 0 Å². The molecule has 1 saturated heterocycles. The van der Waals surface area contributed by atoms with Gasteiger partial charge in [-0.2, -0.15) is 0 Å². The molecule has 0 unspecified atom stereocenters. The second kappa shape index (κ2) is 10.6. The van der Waals surface area contributed by atoms with Crippen LogP contribution in [0.2, 0.25) is 0 Å². The van der Waals surface area contributed by atoms with E-state index in [-0.39, 0.29) is 23.5 Å². The normalized spacial score (nSPS) is 14.3. The van der Waals surface area contributed by atoms with E-state index in [4.69, 9.17) is 5.73 Å². The molecule has 2 heterocycles. The van der Waals surface area contributed by atoms with Crippen LogP contribution in [0.15, 0.2) is 28.9 Å². The van der Waals surface area contributed by atoms with E-state index in [1.54, 1.807) is 9.80 Å². The minimum absolute atomic E-state index is 0.0122. The summed E-state index contributed by atoms with van der Waals surface area (Å²) in [5.74, 6) is -0.357. The van der Waals surface area contributed by atoms with Gasteiger partial charge in [0.05, 0.1) is 0 Å². The van der Waals surface area contributed by atoms with Crippen molar-refractivity contribution in [1.82, 2.24) is 20.1 Å². The van der Waals surface area contributed by atoms with Gasteiger partial charge in [-0.05, 0) is 53.8 Å². The van der Waals surface area contributed by atoms with E-state index < -0.39 is 0 Å². The van der Waals surface area contributed by atoms with Crippen LogP contribution >= 0.6 is 0 Å². The lowest BCUT2D eigenvalue weighted by Crippen LogP contribution is -2.39. The first-order valence-corrected chi connectivity index (χ1v) is 10.8. The molecular weight excluding hydrogens is 398 g/mol. The van der Waals surface area contributed by atoms with Gasteiger partial charge < -0.3 is 25.8 Å². The average Bonchev–Trinajstić information content (AvgIpc) is 3.04. The Kier molecular flexibility index (Phi) is 7.69. The minimum Gasteiger partial charge on any atom is -0.379 e. The highest BCUT2D eigenvalue weighted by molar-refractivity contribution is 5.96. The van der Waals surface area contributed by atoms with Crippen LogP contribution in [-0.4, -0.2) is 71.3 Å². The van der Waals surface area contributed by atoms with Gasteiger partial charge in [0.25, 0.3) is 5.91 Å². The Bertz CT molecular complexity index is 862. The first kappa shape index (κ1) is 22.4. The van der Waals surface area contributed by atoms with Crippen LogP contribution in [0.3, 0.4) is 0 Å². The van der Waals surface area contributed by atoms with Gasteiger partial charge >= 0.3 is 6.03 Å². The molecule has 0 saturated carbocycles. The lowest BCUT2D eigenvalue weighted by Gasteiger charge is -2.24. The van der Waals surface area contributed by atoms with Crippen LogP contribution < -0.4 is 16.0 Å². The zero-order chi connectivity index (χ0) is 22.2. The van der Waals surface area contributed by atoms with Crippen molar-refractivity contribution in [3.63, 3.8) is 0 Å². The first-order chi connectivity index (χ1) is 15.0. The highest BCUT2D eigenvalue weighted by atomic mass is 16.6. The van der Waals surface area contributed by atoms with Gasteiger partial charge in [-0.1, -0.05) is 13.8 Å². The van der Waals surface area contributed by atoms with Crippen molar-refractivity contribution < 1.29 is 14.2 Å². The second-order valence-electron chi connectivity index (χ2n) is 7.59. The Morgan fingerprint density at radius 3 is 2.29 bits per heavy atom. The molecule has 0 atom stereocenters. The Balaban J connectivity index is 1.56. The summed E-state index contributed by atoms with van der Waals surface area (Å²) in [7, 11) is 0. The summed E-state index contributed by atoms with van der Waals surface area (Å²) in [5, 5.41) is 9.98. The number of amides is 3. The fourth-order valence-electron chi connectivity index (χ4n) is 3.69. The van der Waals surface area contributed by atoms with E-state index in [1.807, 2.05) is 24.3 Å². The lowest BCUT2D eigenvalue weighted by molar-refractivity contribution is 0.0752. The molecule has 3 rings (SSSR count). The number of carbonyl (C=O) groups excluding carboxylic acids is 2. The average molecular weight is 430 g/mol.